The fourth-order valence-corrected chi connectivity index (χ4v) is 1.47. The van der Waals surface area contributed by atoms with Crippen molar-refractivity contribution in [3.8, 4) is 6.07 Å². The summed E-state index contributed by atoms with van der Waals surface area (Å²) in [4.78, 5) is 37.4. The van der Waals surface area contributed by atoms with E-state index < -0.39 is 23.0 Å². The number of aromatic nitrogens is 1. The summed E-state index contributed by atoms with van der Waals surface area (Å²) in [5, 5.41) is 13.5. The van der Waals surface area contributed by atoms with Gasteiger partial charge in [-0.05, 0) is 20.8 Å². The number of ether oxygens (including phenoxy) is 1. The van der Waals surface area contributed by atoms with Crippen molar-refractivity contribution in [2.24, 2.45) is 0 Å². The summed E-state index contributed by atoms with van der Waals surface area (Å²) in [6.07, 6.45) is 1.89. The molecule has 2 amide bonds. The third-order valence-corrected chi connectivity index (χ3v) is 2.36. The first-order valence-corrected chi connectivity index (χ1v) is 6.61. The molecule has 0 unspecified atom stereocenters. The molecule has 0 aromatic carbocycles. The van der Waals surface area contributed by atoms with Crippen LogP contribution in [0.2, 0.25) is 0 Å². The van der Waals surface area contributed by atoms with Crippen molar-refractivity contribution in [2.45, 2.75) is 32.8 Å². The minimum atomic E-state index is -0.621. The van der Waals surface area contributed by atoms with E-state index in [0.717, 1.165) is 0 Å². The molecular formula is C14H18N4O4. The number of carbonyl (C=O) groups excluding carboxylic acids is 2. The standard InChI is InChI=1S/C14H18N4O4/c1-14(2,3)22-13(21)17-5-4-11(19)18-10-8-16-7-9(6-15)12(10)20/h7-8H,4-5H2,1-3H3,(H,16,20)(H,17,21)(H,18,19). The van der Waals surface area contributed by atoms with E-state index in [1.54, 1.807) is 26.8 Å². The Morgan fingerprint density at radius 2 is 2.05 bits per heavy atom. The third-order valence-electron chi connectivity index (χ3n) is 2.36. The van der Waals surface area contributed by atoms with Crippen molar-refractivity contribution in [1.29, 1.82) is 5.26 Å². The fourth-order valence-electron chi connectivity index (χ4n) is 1.47. The van der Waals surface area contributed by atoms with Gasteiger partial charge in [0.2, 0.25) is 11.3 Å². The summed E-state index contributed by atoms with van der Waals surface area (Å²) in [6.45, 7) is 5.26. The molecule has 0 radical (unpaired) electrons. The van der Waals surface area contributed by atoms with Crippen LogP contribution in [0, 0.1) is 11.3 Å². The molecule has 0 spiro atoms. The van der Waals surface area contributed by atoms with Gasteiger partial charge in [-0.3, -0.25) is 9.59 Å². The highest BCUT2D eigenvalue weighted by Gasteiger charge is 2.16. The van der Waals surface area contributed by atoms with Gasteiger partial charge in [0.1, 0.15) is 22.9 Å². The summed E-state index contributed by atoms with van der Waals surface area (Å²) < 4.78 is 5.01. The number of hydrogen-bond donors (Lipinski definition) is 3. The van der Waals surface area contributed by atoms with E-state index in [1.165, 1.54) is 12.4 Å². The second-order valence-corrected chi connectivity index (χ2v) is 5.45. The van der Waals surface area contributed by atoms with Gasteiger partial charge in [0, 0.05) is 25.4 Å². The lowest BCUT2D eigenvalue weighted by molar-refractivity contribution is -0.116. The molecule has 118 valence electrons. The number of H-pyrrole nitrogens is 1. The maximum atomic E-state index is 11.7. The van der Waals surface area contributed by atoms with Gasteiger partial charge in [-0.2, -0.15) is 5.26 Å². The first kappa shape index (κ1) is 17.2. The van der Waals surface area contributed by atoms with Gasteiger partial charge in [0.15, 0.2) is 0 Å². The molecule has 22 heavy (non-hydrogen) atoms. The Hall–Kier alpha value is -2.82. The van der Waals surface area contributed by atoms with Crippen LogP contribution in [0.15, 0.2) is 17.2 Å². The fraction of sp³-hybridized carbons (Fsp3) is 0.429. The van der Waals surface area contributed by atoms with Crippen LogP contribution >= 0.6 is 0 Å². The van der Waals surface area contributed by atoms with E-state index in [4.69, 9.17) is 10.00 Å². The number of rotatable bonds is 4. The van der Waals surface area contributed by atoms with Crippen LogP contribution in [0.3, 0.4) is 0 Å². The zero-order chi connectivity index (χ0) is 16.8. The third kappa shape index (κ3) is 5.66. The summed E-state index contributed by atoms with van der Waals surface area (Å²) in [5.41, 5.74) is -1.28. The molecule has 0 aliphatic heterocycles. The molecular weight excluding hydrogens is 288 g/mol. The highest BCUT2D eigenvalue weighted by molar-refractivity contribution is 5.90. The van der Waals surface area contributed by atoms with Gasteiger partial charge < -0.3 is 20.4 Å². The van der Waals surface area contributed by atoms with Crippen molar-refractivity contribution in [1.82, 2.24) is 10.3 Å². The Kier molecular flexibility index (Phi) is 5.69. The second kappa shape index (κ2) is 7.26. The first-order chi connectivity index (χ1) is 10.2. The average Bonchev–Trinajstić information content (AvgIpc) is 2.39. The van der Waals surface area contributed by atoms with E-state index in [1.807, 2.05) is 0 Å². The molecule has 0 aliphatic carbocycles. The number of carbonyl (C=O) groups is 2. The predicted octanol–water partition coefficient (Wildman–Crippen LogP) is 1.10. The van der Waals surface area contributed by atoms with E-state index in [0.29, 0.717) is 0 Å². The summed E-state index contributed by atoms with van der Waals surface area (Å²) in [6, 6.07) is 1.72. The molecule has 1 aromatic rings. The van der Waals surface area contributed by atoms with Crippen molar-refractivity contribution in [3.05, 3.63) is 28.2 Å². The lowest BCUT2D eigenvalue weighted by atomic mass is 10.2. The number of nitriles is 1. The molecule has 0 bridgehead atoms. The summed E-state index contributed by atoms with van der Waals surface area (Å²) in [7, 11) is 0. The number of nitrogens with zero attached hydrogens (tertiary/aromatic N) is 1. The van der Waals surface area contributed by atoms with Gasteiger partial charge in [0.25, 0.3) is 0 Å². The van der Waals surface area contributed by atoms with Crippen LogP contribution in [0.5, 0.6) is 0 Å². The zero-order valence-corrected chi connectivity index (χ0v) is 12.6. The van der Waals surface area contributed by atoms with Crippen LogP contribution in [0.25, 0.3) is 0 Å². The van der Waals surface area contributed by atoms with E-state index in [-0.39, 0.29) is 24.2 Å². The normalized spacial score (nSPS) is 10.5. The molecule has 0 saturated carbocycles. The van der Waals surface area contributed by atoms with Crippen LogP contribution in [-0.4, -0.2) is 29.1 Å². The molecule has 0 fully saturated rings. The number of alkyl carbamates (subject to hydrolysis) is 1. The smallest absolute Gasteiger partial charge is 0.407 e. The molecule has 1 rings (SSSR count). The van der Waals surface area contributed by atoms with Crippen LogP contribution in [-0.2, 0) is 9.53 Å². The molecule has 8 heteroatoms. The average molecular weight is 306 g/mol. The number of hydrogen-bond acceptors (Lipinski definition) is 5. The largest absolute Gasteiger partial charge is 0.444 e. The van der Waals surface area contributed by atoms with Crippen LogP contribution in [0.1, 0.15) is 32.8 Å². The molecule has 0 saturated heterocycles. The first-order valence-electron chi connectivity index (χ1n) is 6.61. The van der Waals surface area contributed by atoms with Crippen LogP contribution in [0.4, 0.5) is 10.5 Å². The Morgan fingerprint density at radius 3 is 2.64 bits per heavy atom. The Morgan fingerprint density at radius 1 is 1.36 bits per heavy atom. The molecule has 0 atom stereocenters. The number of nitrogens with one attached hydrogen (secondary N) is 3. The van der Waals surface area contributed by atoms with Crippen molar-refractivity contribution in [3.63, 3.8) is 0 Å². The maximum Gasteiger partial charge on any atom is 0.407 e. The quantitative estimate of drug-likeness (QED) is 0.768. The predicted molar refractivity (Wildman–Crippen MR) is 79.3 cm³/mol. The summed E-state index contributed by atoms with van der Waals surface area (Å²) >= 11 is 0. The van der Waals surface area contributed by atoms with E-state index >= 15 is 0 Å². The van der Waals surface area contributed by atoms with Gasteiger partial charge in [-0.25, -0.2) is 4.79 Å². The maximum absolute atomic E-state index is 11.7. The van der Waals surface area contributed by atoms with E-state index in [9.17, 15) is 14.4 Å². The number of aromatic amines is 1. The summed E-state index contributed by atoms with van der Waals surface area (Å²) in [5.74, 6) is -0.461. The topological polar surface area (TPSA) is 124 Å². The number of anilines is 1. The van der Waals surface area contributed by atoms with Crippen molar-refractivity contribution < 1.29 is 14.3 Å². The van der Waals surface area contributed by atoms with Gasteiger partial charge in [-0.1, -0.05) is 0 Å². The van der Waals surface area contributed by atoms with E-state index in [2.05, 4.69) is 15.6 Å². The second-order valence-electron chi connectivity index (χ2n) is 5.45. The molecule has 1 heterocycles. The Balaban J connectivity index is 2.47. The van der Waals surface area contributed by atoms with Crippen molar-refractivity contribution in [2.75, 3.05) is 11.9 Å². The molecule has 0 aliphatic rings. The van der Waals surface area contributed by atoms with Gasteiger partial charge in [-0.15, -0.1) is 0 Å². The minimum Gasteiger partial charge on any atom is -0.444 e. The highest BCUT2D eigenvalue weighted by Crippen LogP contribution is 2.06. The molecule has 3 N–H and O–H groups in total. The Bertz CT molecular complexity index is 652. The van der Waals surface area contributed by atoms with Gasteiger partial charge in [0.05, 0.1) is 0 Å². The number of pyridine rings is 1. The lowest BCUT2D eigenvalue weighted by Gasteiger charge is -2.19. The van der Waals surface area contributed by atoms with Crippen molar-refractivity contribution >= 4 is 17.7 Å². The zero-order valence-electron chi connectivity index (χ0n) is 12.6. The highest BCUT2D eigenvalue weighted by atomic mass is 16.6. The monoisotopic (exact) mass is 306 g/mol. The SMILES string of the molecule is CC(C)(C)OC(=O)NCCC(=O)Nc1c[nH]cc(C#N)c1=O. The lowest BCUT2D eigenvalue weighted by Crippen LogP contribution is -2.34. The van der Waals surface area contributed by atoms with Crippen LogP contribution < -0.4 is 16.1 Å². The van der Waals surface area contributed by atoms with Gasteiger partial charge >= 0.3 is 6.09 Å². The Labute approximate surface area is 127 Å². The molecule has 1 aromatic heterocycles. The minimum absolute atomic E-state index is 0.0127. The molecule has 8 nitrogen and oxygen atoms in total. The number of amides is 2.